The van der Waals surface area contributed by atoms with Gasteiger partial charge in [0.15, 0.2) is 0 Å². The second-order valence-corrected chi connectivity index (χ2v) is 11.8. The van der Waals surface area contributed by atoms with Crippen LogP contribution in [-0.2, 0) is 16.8 Å². The number of nitrogens with zero attached hydrogens (tertiary/aromatic N) is 5. The molecule has 0 unspecified atom stereocenters. The van der Waals surface area contributed by atoms with Crippen LogP contribution in [0.1, 0.15) is 58.6 Å². The highest BCUT2D eigenvalue weighted by Crippen LogP contribution is 2.44. The Labute approximate surface area is 224 Å². The van der Waals surface area contributed by atoms with E-state index in [4.69, 9.17) is 0 Å². The number of hydrogen-bond acceptors (Lipinski definition) is 5. The fourth-order valence-corrected chi connectivity index (χ4v) is 5.85. The number of carbonyl (C=O) groups excluding carboxylic acids is 3. The Hall–Kier alpha value is -3.46. The van der Waals surface area contributed by atoms with Crippen LogP contribution in [0.25, 0.3) is 0 Å². The van der Waals surface area contributed by atoms with Crippen molar-refractivity contribution in [1.29, 1.82) is 0 Å². The molecule has 38 heavy (non-hydrogen) atoms. The summed E-state index contributed by atoms with van der Waals surface area (Å²) in [5, 5.41) is 3.24. The first-order chi connectivity index (χ1) is 18.0. The summed E-state index contributed by atoms with van der Waals surface area (Å²) in [6.07, 6.45) is 5.22. The molecule has 2 saturated heterocycles. The third kappa shape index (κ3) is 4.53. The van der Waals surface area contributed by atoms with Crippen LogP contribution in [0.3, 0.4) is 0 Å². The lowest BCUT2D eigenvalue weighted by molar-refractivity contribution is -0.123. The van der Waals surface area contributed by atoms with Crippen LogP contribution in [0.4, 0.5) is 21.0 Å². The van der Waals surface area contributed by atoms with E-state index in [-0.39, 0.29) is 29.4 Å². The zero-order chi connectivity index (χ0) is 27.2. The van der Waals surface area contributed by atoms with Crippen molar-refractivity contribution in [3.63, 3.8) is 0 Å². The number of carbonyl (C=O) groups is 3. The summed E-state index contributed by atoms with van der Waals surface area (Å²) in [6, 6.07) is 8.94. The van der Waals surface area contributed by atoms with E-state index >= 15 is 0 Å². The monoisotopic (exact) mass is 518 g/mol. The molecule has 0 saturated carbocycles. The largest absolute Gasteiger partial charge is 0.335 e. The van der Waals surface area contributed by atoms with Gasteiger partial charge < -0.3 is 15.1 Å². The number of rotatable bonds is 5. The molecule has 0 spiro atoms. The fraction of sp³-hybridized carbons (Fsp3) is 0.517. The Bertz CT molecular complexity index is 1240. The summed E-state index contributed by atoms with van der Waals surface area (Å²) in [7, 11) is 0. The smallest absolute Gasteiger partial charge is 0.332 e. The Balaban J connectivity index is 1.40. The van der Waals surface area contributed by atoms with Crippen molar-refractivity contribution in [2.24, 2.45) is 0 Å². The highest BCUT2D eigenvalue weighted by atomic mass is 16.2. The summed E-state index contributed by atoms with van der Waals surface area (Å²) in [5.41, 5.74) is 1.91. The lowest BCUT2D eigenvalue weighted by Crippen LogP contribution is -2.49. The molecule has 9 nitrogen and oxygen atoms in total. The number of imide groups is 1. The van der Waals surface area contributed by atoms with Gasteiger partial charge >= 0.3 is 12.1 Å². The molecule has 9 heteroatoms. The maximum atomic E-state index is 13.6. The van der Waals surface area contributed by atoms with E-state index in [0.29, 0.717) is 18.8 Å². The molecule has 5 rings (SSSR count). The number of nitrogens with one attached hydrogen (secondary N) is 1. The maximum absolute atomic E-state index is 13.6. The minimum absolute atomic E-state index is 0.123. The van der Waals surface area contributed by atoms with Crippen LogP contribution >= 0.6 is 0 Å². The van der Waals surface area contributed by atoms with Crippen LogP contribution in [0.15, 0.2) is 42.7 Å². The van der Waals surface area contributed by atoms with Crippen molar-refractivity contribution in [3.05, 3.63) is 53.9 Å². The molecular formula is C29H38N6O3. The molecule has 2 fully saturated rings. The Morgan fingerprint density at radius 1 is 1.05 bits per heavy atom. The van der Waals surface area contributed by atoms with Gasteiger partial charge in [-0.05, 0) is 68.6 Å². The van der Waals surface area contributed by atoms with Crippen LogP contribution in [0.2, 0.25) is 0 Å². The highest BCUT2D eigenvalue weighted by molar-refractivity contribution is 6.23. The molecule has 1 aromatic heterocycles. The second-order valence-electron chi connectivity index (χ2n) is 11.8. The van der Waals surface area contributed by atoms with Crippen molar-refractivity contribution in [1.82, 2.24) is 20.1 Å². The number of amides is 5. The van der Waals surface area contributed by atoms with E-state index in [9.17, 15) is 14.4 Å². The molecule has 3 aliphatic rings. The Morgan fingerprint density at radius 2 is 1.74 bits per heavy atom. The number of likely N-dealkylation sites (tertiary alicyclic amines) is 1. The van der Waals surface area contributed by atoms with E-state index in [1.54, 1.807) is 36.0 Å². The predicted molar refractivity (Wildman–Crippen MR) is 147 cm³/mol. The predicted octanol–water partition coefficient (Wildman–Crippen LogP) is 4.12. The number of fused-ring (bicyclic) bond motifs is 1. The summed E-state index contributed by atoms with van der Waals surface area (Å²) in [4.78, 5) is 51.7. The third-order valence-electron chi connectivity index (χ3n) is 8.33. The molecule has 0 aliphatic carbocycles. The van der Waals surface area contributed by atoms with E-state index in [1.165, 1.54) is 4.90 Å². The molecule has 2 aromatic rings. The zero-order valence-corrected chi connectivity index (χ0v) is 23.0. The molecular weight excluding hydrogens is 480 g/mol. The molecule has 1 N–H and O–H groups in total. The number of benzene rings is 1. The SMILES string of the molecule is CCN1CCC(NC(=O)N2CC(C)(C)c3ccc(N4C(=O)N(Cc5ccncc5)C(C)(C)C4=O)cc32)CC1. The summed E-state index contributed by atoms with van der Waals surface area (Å²) < 4.78 is 0. The first kappa shape index (κ1) is 26.2. The van der Waals surface area contributed by atoms with Gasteiger partial charge in [0.2, 0.25) is 0 Å². The molecule has 0 atom stereocenters. The van der Waals surface area contributed by atoms with Gasteiger partial charge in [-0.3, -0.25) is 14.7 Å². The number of piperidine rings is 1. The van der Waals surface area contributed by atoms with Gasteiger partial charge in [0.1, 0.15) is 5.54 Å². The zero-order valence-electron chi connectivity index (χ0n) is 23.0. The summed E-state index contributed by atoms with van der Waals surface area (Å²) >= 11 is 0. The number of anilines is 2. The standard InChI is InChI=1S/C29H38N6O3/c1-6-32-15-11-21(12-16-32)31-26(37)33-19-28(2,3)23-8-7-22(17-24(23)33)35-25(36)29(4,5)34(27(35)38)18-20-9-13-30-14-10-20/h7-10,13-14,17,21H,6,11-12,15-16,18-19H2,1-5H3,(H,31,37). The minimum Gasteiger partial charge on any atom is -0.335 e. The van der Waals surface area contributed by atoms with E-state index in [2.05, 4.69) is 36.0 Å². The molecule has 0 bridgehead atoms. The van der Waals surface area contributed by atoms with Crippen LogP contribution in [0, 0.1) is 0 Å². The second kappa shape index (κ2) is 9.69. The van der Waals surface area contributed by atoms with E-state index < -0.39 is 5.54 Å². The van der Waals surface area contributed by atoms with Gasteiger partial charge in [-0.15, -0.1) is 0 Å². The Morgan fingerprint density at radius 3 is 2.39 bits per heavy atom. The van der Waals surface area contributed by atoms with Crippen molar-refractivity contribution in [2.75, 3.05) is 36.0 Å². The van der Waals surface area contributed by atoms with Crippen molar-refractivity contribution >= 4 is 29.3 Å². The molecule has 4 heterocycles. The van der Waals surface area contributed by atoms with Crippen molar-refractivity contribution in [2.45, 2.75) is 71.0 Å². The highest BCUT2D eigenvalue weighted by Gasteiger charge is 2.52. The van der Waals surface area contributed by atoms with Gasteiger partial charge in [-0.2, -0.15) is 0 Å². The maximum Gasteiger partial charge on any atom is 0.332 e. The van der Waals surface area contributed by atoms with Gasteiger partial charge in [0.05, 0.1) is 11.4 Å². The first-order valence-electron chi connectivity index (χ1n) is 13.5. The average Bonchev–Trinajstić information content (AvgIpc) is 3.26. The molecule has 0 radical (unpaired) electrons. The quantitative estimate of drug-likeness (QED) is 0.602. The molecule has 3 aliphatic heterocycles. The topological polar surface area (TPSA) is 89.1 Å². The van der Waals surface area contributed by atoms with E-state index in [0.717, 1.165) is 49.3 Å². The Kier molecular flexibility index (Phi) is 6.67. The lowest BCUT2D eigenvalue weighted by Gasteiger charge is -2.32. The summed E-state index contributed by atoms with van der Waals surface area (Å²) in [6.45, 7) is 13.8. The normalized spacial score (nSPS) is 21.2. The van der Waals surface area contributed by atoms with Crippen molar-refractivity contribution in [3.8, 4) is 0 Å². The van der Waals surface area contributed by atoms with Crippen molar-refractivity contribution < 1.29 is 14.4 Å². The van der Waals surface area contributed by atoms with Crippen LogP contribution in [-0.4, -0.2) is 70.5 Å². The number of urea groups is 2. The van der Waals surface area contributed by atoms with Crippen LogP contribution in [0.5, 0.6) is 0 Å². The molecule has 1 aromatic carbocycles. The van der Waals surface area contributed by atoms with Gasteiger partial charge in [-0.25, -0.2) is 14.5 Å². The number of aromatic nitrogens is 1. The molecule has 202 valence electrons. The van der Waals surface area contributed by atoms with Crippen LogP contribution < -0.4 is 15.1 Å². The lowest BCUT2D eigenvalue weighted by atomic mass is 9.87. The van der Waals surface area contributed by atoms with Gasteiger partial charge in [0, 0.05) is 50.0 Å². The van der Waals surface area contributed by atoms with Gasteiger partial charge in [0.25, 0.3) is 5.91 Å². The van der Waals surface area contributed by atoms with E-state index in [1.807, 2.05) is 30.3 Å². The number of hydrogen-bond donors (Lipinski definition) is 1. The minimum atomic E-state index is -1.01. The van der Waals surface area contributed by atoms with Gasteiger partial charge in [-0.1, -0.05) is 26.8 Å². The number of pyridine rings is 1. The average molecular weight is 519 g/mol. The molecule has 5 amide bonds. The first-order valence-corrected chi connectivity index (χ1v) is 13.5. The fourth-order valence-electron chi connectivity index (χ4n) is 5.85. The summed E-state index contributed by atoms with van der Waals surface area (Å²) in [5.74, 6) is -0.285. The third-order valence-corrected chi connectivity index (χ3v) is 8.33.